The topological polar surface area (TPSA) is 58.7 Å². The summed E-state index contributed by atoms with van der Waals surface area (Å²) in [5.41, 5.74) is 9.43. The summed E-state index contributed by atoms with van der Waals surface area (Å²) in [6.07, 6.45) is 3.77. The second-order valence-corrected chi connectivity index (χ2v) is 4.70. The molecule has 4 nitrogen and oxygen atoms in total. The van der Waals surface area contributed by atoms with Crippen LogP contribution in [0, 0.1) is 0 Å². The molecule has 0 aromatic heterocycles. The van der Waals surface area contributed by atoms with Gasteiger partial charge in [0.15, 0.2) is 5.96 Å². The number of likely N-dealkylation sites (N-methyl/N-ethyl adjacent to an activating group) is 1. The molecule has 2 aliphatic rings. The van der Waals surface area contributed by atoms with E-state index in [0.29, 0.717) is 12.4 Å². The third-order valence-electron chi connectivity index (χ3n) is 3.59. The number of nitrogens with two attached hydrogens (primary N) is 1. The fourth-order valence-corrected chi connectivity index (χ4v) is 2.53. The highest BCUT2D eigenvalue weighted by atomic mass is 16.2. The smallest absolute Gasteiger partial charge is 0.254 e. The third-order valence-corrected chi connectivity index (χ3v) is 3.59. The summed E-state index contributed by atoms with van der Waals surface area (Å²) in [5.74, 6) is 0.301. The Morgan fingerprint density at radius 2 is 2.22 bits per heavy atom. The molecule has 18 heavy (non-hydrogen) atoms. The largest absolute Gasteiger partial charge is 0.369 e. The maximum atomic E-state index is 11.9. The van der Waals surface area contributed by atoms with Crippen LogP contribution in [0.2, 0.25) is 0 Å². The van der Waals surface area contributed by atoms with Gasteiger partial charge in [-0.25, -0.2) is 4.99 Å². The van der Waals surface area contributed by atoms with Gasteiger partial charge in [0, 0.05) is 13.5 Å². The number of hydrogen-bond acceptors (Lipinski definition) is 3. The molecule has 1 aliphatic heterocycles. The van der Waals surface area contributed by atoms with E-state index in [2.05, 4.69) is 23.2 Å². The minimum absolute atomic E-state index is 0.0159. The van der Waals surface area contributed by atoms with Gasteiger partial charge >= 0.3 is 0 Å². The number of guanidine groups is 1. The van der Waals surface area contributed by atoms with E-state index in [0.717, 1.165) is 6.42 Å². The molecule has 92 valence electrons. The Labute approximate surface area is 106 Å². The molecule has 0 radical (unpaired) electrons. The van der Waals surface area contributed by atoms with Gasteiger partial charge in [-0.05, 0) is 23.1 Å². The molecule has 1 aromatic rings. The first-order valence-electron chi connectivity index (χ1n) is 6.05. The van der Waals surface area contributed by atoms with Crippen LogP contribution in [0.4, 0.5) is 0 Å². The maximum Gasteiger partial charge on any atom is 0.254 e. The lowest BCUT2D eigenvalue weighted by Crippen LogP contribution is -2.35. The minimum atomic E-state index is -0.354. The van der Waals surface area contributed by atoms with Gasteiger partial charge in [0.25, 0.3) is 5.91 Å². The molecule has 1 aromatic carbocycles. The molecule has 0 spiro atoms. The molecule has 0 unspecified atom stereocenters. The van der Waals surface area contributed by atoms with Crippen LogP contribution in [0.25, 0.3) is 5.57 Å². The van der Waals surface area contributed by atoms with Crippen molar-refractivity contribution >= 4 is 17.4 Å². The standard InChI is InChI=1S/C14H15N3O/c1-17-13(18)12(16-14(17)15)8-10-7-6-9-4-2-3-5-11(9)10/h2-5,7,12H,6,8H2,1H3,(H2,15,16)/t12-/m1/s1. The van der Waals surface area contributed by atoms with Crippen LogP contribution in [0.3, 0.4) is 0 Å². The predicted octanol–water partition coefficient (Wildman–Crippen LogP) is 1.17. The Morgan fingerprint density at radius 1 is 1.44 bits per heavy atom. The van der Waals surface area contributed by atoms with Gasteiger partial charge in [-0.3, -0.25) is 9.69 Å². The van der Waals surface area contributed by atoms with Gasteiger partial charge in [0.05, 0.1) is 0 Å². The lowest BCUT2D eigenvalue weighted by Gasteiger charge is -2.11. The number of fused-ring (bicyclic) bond motifs is 1. The van der Waals surface area contributed by atoms with Crippen molar-refractivity contribution in [2.24, 2.45) is 10.7 Å². The van der Waals surface area contributed by atoms with Crippen LogP contribution >= 0.6 is 0 Å². The van der Waals surface area contributed by atoms with Crippen molar-refractivity contribution in [3.05, 3.63) is 41.5 Å². The average Bonchev–Trinajstić information content (AvgIpc) is 2.89. The van der Waals surface area contributed by atoms with E-state index >= 15 is 0 Å². The Bertz CT molecular complexity index is 574. The normalized spacial score (nSPS) is 21.9. The number of carbonyl (C=O) groups excluding carboxylic acids is 1. The average molecular weight is 241 g/mol. The molecule has 1 atom stereocenters. The molecule has 1 amide bonds. The van der Waals surface area contributed by atoms with Gasteiger partial charge in [-0.15, -0.1) is 0 Å². The van der Waals surface area contributed by atoms with Crippen molar-refractivity contribution in [2.75, 3.05) is 7.05 Å². The summed E-state index contributed by atoms with van der Waals surface area (Å²) < 4.78 is 0. The van der Waals surface area contributed by atoms with Crippen molar-refractivity contribution in [3.63, 3.8) is 0 Å². The molecule has 3 rings (SSSR count). The first kappa shape index (κ1) is 11.0. The van der Waals surface area contributed by atoms with Crippen molar-refractivity contribution in [1.29, 1.82) is 0 Å². The monoisotopic (exact) mass is 241 g/mol. The summed E-state index contributed by atoms with van der Waals surface area (Å²) in [7, 11) is 1.66. The second kappa shape index (κ2) is 3.98. The van der Waals surface area contributed by atoms with Crippen LogP contribution in [-0.2, 0) is 11.2 Å². The van der Waals surface area contributed by atoms with E-state index < -0.39 is 0 Å². The fourth-order valence-electron chi connectivity index (χ4n) is 2.53. The van der Waals surface area contributed by atoms with E-state index in [4.69, 9.17) is 5.73 Å². The summed E-state index contributed by atoms with van der Waals surface area (Å²) >= 11 is 0. The fraction of sp³-hybridized carbons (Fsp3) is 0.286. The minimum Gasteiger partial charge on any atom is -0.369 e. The van der Waals surface area contributed by atoms with Gasteiger partial charge in [0.2, 0.25) is 0 Å². The maximum absolute atomic E-state index is 11.9. The lowest BCUT2D eigenvalue weighted by molar-refractivity contribution is -0.126. The number of amides is 1. The summed E-state index contributed by atoms with van der Waals surface area (Å²) in [5, 5.41) is 0. The summed E-state index contributed by atoms with van der Waals surface area (Å²) in [6, 6.07) is 7.94. The number of aliphatic imine (C=N–C) groups is 1. The highest BCUT2D eigenvalue weighted by Crippen LogP contribution is 2.32. The first-order valence-corrected chi connectivity index (χ1v) is 6.05. The van der Waals surface area contributed by atoms with Gasteiger partial charge in [-0.1, -0.05) is 30.3 Å². The van der Waals surface area contributed by atoms with Crippen LogP contribution in [0.1, 0.15) is 17.5 Å². The predicted molar refractivity (Wildman–Crippen MR) is 70.9 cm³/mol. The van der Waals surface area contributed by atoms with Crippen molar-refractivity contribution in [2.45, 2.75) is 18.9 Å². The zero-order valence-electron chi connectivity index (χ0n) is 10.3. The number of benzene rings is 1. The number of rotatable bonds is 2. The molecular formula is C14H15N3O. The van der Waals surface area contributed by atoms with Crippen molar-refractivity contribution in [3.8, 4) is 0 Å². The summed E-state index contributed by atoms with van der Waals surface area (Å²) in [6.45, 7) is 0. The Kier molecular flexibility index (Phi) is 2.44. The first-order chi connectivity index (χ1) is 8.66. The molecule has 1 heterocycles. The third kappa shape index (κ3) is 1.61. The summed E-state index contributed by atoms with van der Waals surface area (Å²) in [4.78, 5) is 17.6. The molecule has 2 N–H and O–H groups in total. The lowest BCUT2D eigenvalue weighted by atomic mass is 10.00. The van der Waals surface area contributed by atoms with Crippen LogP contribution in [0.15, 0.2) is 35.3 Å². The molecule has 0 saturated carbocycles. The van der Waals surface area contributed by atoms with Gasteiger partial charge < -0.3 is 5.73 Å². The van der Waals surface area contributed by atoms with Crippen molar-refractivity contribution < 1.29 is 4.79 Å². The Hall–Kier alpha value is -2.10. The zero-order valence-corrected chi connectivity index (χ0v) is 10.3. The quantitative estimate of drug-likeness (QED) is 0.845. The highest BCUT2D eigenvalue weighted by molar-refractivity contribution is 6.04. The molecule has 1 aliphatic carbocycles. The highest BCUT2D eigenvalue weighted by Gasteiger charge is 2.31. The second-order valence-electron chi connectivity index (χ2n) is 4.70. The molecular weight excluding hydrogens is 226 g/mol. The molecule has 4 heteroatoms. The van der Waals surface area contributed by atoms with Gasteiger partial charge in [0.1, 0.15) is 6.04 Å². The Morgan fingerprint density at radius 3 is 2.94 bits per heavy atom. The van der Waals surface area contributed by atoms with Gasteiger partial charge in [-0.2, -0.15) is 0 Å². The van der Waals surface area contributed by atoms with E-state index in [1.54, 1.807) is 7.05 Å². The van der Waals surface area contributed by atoms with E-state index in [-0.39, 0.29) is 11.9 Å². The number of nitrogens with zero attached hydrogens (tertiary/aromatic N) is 2. The number of carbonyl (C=O) groups is 1. The zero-order chi connectivity index (χ0) is 12.7. The molecule has 0 saturated heterocycles. The molecule has 0 fully saturated rings. The van der Waals surface area contributed by atoms with E-state index in [1.807, 2.05) is 12.1 Å². The Balaban J connectivity index is 1.82. The SMILES string of the molecule is CN1C(=O)[C@@H](CC2=CCc3ccccc32)N=C1N. The van der Waals surface area contributed by atoms with Crippen LogP contribution in [-0.4, -0.2) is 29.9 Å². The van der Waals surface area contributed by atoms with Crippen LogP contribution in [0.5, 0.6) is 0 Å². The number of allylic oxidation sites excluding steroid dienone is 1. The molecule has 0 bridgehead atoms. The van der Waals surface area contributed by atoms with Crippen molar-refractivity contribution in [1.82, 2.24) is 4.90 Å². The van der Waals surface area contributed by atoms with E-state index in [1.165, 1.54) is 21.6 Å². The van der Waals surface area contributed by atoms with Crippen LogP contribution < -0.4 is 5.73 Å². The van der Waals surface area contributed by atoms with E-state index in [9.17, 15) is 4.79 Å². The number of hydrogen-bond donors (Lipinski definition) is 1.